The molecule has 0 nitrogen and oxygen atoms in total. The Balaban J connectivity index is 2.09. The van der Waals surface area contributed by atoms with Gasteiger partial charge >= 0.3 is 6.18 Å². The molecule has 1 aromatic carbocycles. The van der Waals surface area contributed by atoms with Crippen molar-refractivity contribution in [1.29, 1.82) is 0 Å². The third-order valence-corrected chi connectivity index (χ3v) is 4.05. The molecule has 0 bridgehead atoms. The SMILES string of the molecule is C=CC1CCC(c2ccc(C=CC(F)(F)F)c(F)c2)CC1. The van der Waals surface area contributed by atoms with E-state index < -0.39 is 12.0 Å². The first-order valence-electron chi connectivity index (χ1n) is 7.07. The van der Waals surface area contributed by atoms with Gasteiger partial charge in [0.15, 0.2) is 0 Å². The Hall–Kier alpha value is -1.58. The highest BCUT2D eigenvalue weighted by molar-refractivity contribution is 5.51. The van der Waals surface area contributed by atoms with Crippen molar-refractivity contribution in [3.05, 3.63) is 53.9 Å². The molecule has 114 valence electrons. The van der Waals surface area contributed by atoms with Crippen molar-refractivity contribution in [2.75, 3.05) is 0 Å². The zero-order valence-corrected chi connectivity index (χ0v) is 11.7. The molecule has 0 radical (unpaired) electrons. The van der Waals surface area contributed by atoms with Crippen molar-refractivity contribution in [3.63, 3.8) is 0 Å². The summed E-state index contributed by atoms with van der Waals surface area (Å²) in [5.41, 5.74) is 0.843. The van der Waals surface area contributed by atoms with Crippen molar-refractivity contribution < 1.29 is 17.6 Å². The molecule has 0 aromatic heterocycles. The summed E-state index contributed by atoms with van der Waals surface area (Å²) in [7, 11) is 0. The Bertz CT molecular complexity index is 520. The van der Waals surface area contributed by atoms with E-state index in [4.69, 9.17) is 0 Å². The van der Waals surface area contributed by atoms with Crippen molar-refractivity contribution in [2.24, 2.45) is 5.92 Å². The van der Waals surface area contributed by atoms with Gasteiger partial charge in [-0.2, -0.15) is 13.2 Å². The fourth-order valence-corrected chi connectivity index (χ4v) is 2.80. The lowest BCUT2D eigenvalue weighted by Gasteiger charge is -2.27. The van der Waals surface area contributed by atoms with Crippen molar-refractivity contribution in [2.45, 2.75) is 37.8 Å². The number of benzene rings is 1. The van der Waals surface area contributed by atoms with Gasteiger partial charge in [-0.15, -0.1) is 6.58 Å². The molecule has 0 spiro atoms. The standard InChI is InChI=1S/C17H18F4/c1-2-12-3-5-13(6-4-12)15-8-7-14(16(18)11-15)9-10-17(19,20)21/h2,7-13H,1,3-6H2. The Labute approximate surface area is 122 Å². The summed E-state index contributed by atoms with van der Waals surface area (Å²) in [6, 6.07) is 4.53. The molecule has 2 rings (SSSR count). The molecule has 1 aliphatic rings. The lowest BCUT2D eigenvalue weighted by molar-refractivity contribution is -0.0790. The Morgan fingerprint density at radius 2 is 1.76 bits per heavy atom. The molecule has 0 saturated heterocycles. The topological polar surface area (TPSA) is 0 Å². The van der Waals surface area contributed by atoms with E-state index in [0.29, 0.717) is 5.92 Å². The zero-order valence-electron chi connectivity index (χ0n) is 11.7. The largest absolute Gasteiger partial charge is 0.409 e. The molecule has 0 unspecified atom stereocenters. The van der Waals surface area contributed by atoms with E-state index in [1.165, 1.54) is 12.1 Å². The second-order valence-corrected chi connectivity index (χ2v) is 5.50. The van der Waals surface area contributed by atoms with Crippen LogP contribution in [-0.2, 0) is 0 Å². The maximum atomic E-state index is 13.9. The number of halogens is 4. The van der Waals surface area contributed by atoms with Crippen LogP contribution >= 0.6 is 0 Å². The number of allylic oxidation sites excluding steroid dienone is 2. The van der Waals surface area contributed by atoms with E-state index in [9.17, 15) is 17.6 Å². The van der Waals surface area contributed by atoms with Crippen LogP contribution < -0.4 is 0 Å². The van der Waals surface area contributed by atoms with Crippen LogP contribution in [0.25, 0.3) is 6.08 Å². The Morgan fingerprint density at radius 1 is 1.10 bits per heavy atom. The molecule has 0 amide bonds. The molecule has 0 atom stereocenters. The van der Waals surface area contributed by atoms with Crippen molar-refractivity contribution >= 4 is 6.08 Å². The van der Waals surface area contributed by atoms with Crippen LogP contribution in [0.15, 0.2) is 36.9 Å². The predicted octanol–water partition coefficient (Wildman–Crippen LogP) is 5.86. The normalized spacial score (nSPS) is 23.4. The summed E-state index contributed by atoms with van der Waals surface area (Å²) in [4.78, 5) is 0. The first kappa shape index (κ1) is 15.8. The molecule has 21 heavy (non-hydrogen) atoms. The average molecular weight is 298 g/mol. The smallest absolute Gasteiger partial charge is 0.206 e. The molecular formula is C17H18F4. The number of rotatable bonds is 3. The molecule has 0 N–H and O–H groups in total. The minimum absolute atomic E-state index is 0.0316. The maximum absolute atomic E-state index is 13.9. The van der Waals surface area contributed by atoms with Gasteiger partial charge in [0.1, 0.15) is 5.82 Å². The maximum Gasteiger partial charge on any atom is 0.409 e. The van der Waals surface area contributed by atoms with Gasteiger partial charge in [0.05, 0.1) is 0 Å². The van der Waals surface area contributed by atoms with Gasteiger partial charge in [-0.25, -0.2) is 4.39 Å². The van der Waals surface area contributed by atoms with Gasteiger partial charge in [-0.05, 0) is 55.2 Å². The van der Waals surface area contributed by atoms with Crippen LogP contribution in [0.1, 0.15) is 42.7 Å². The van der Waals surface area contributed by atoms with E-state index >= 15 is 0 Å². The predicted molar refractivity (Wildman–Crippen MR) is 76.4 cm³/mol. The highest BCUT2D eigenvalue weighted by Crippen LogP contribution is 2.36. The minimum atomic E-state index is -4.42. The highest BCUT2D eigenvalue weighted by Gasteiger charge is 2.23. The Kier molecular flexibility index (Phi) is 4.86. The molecule has 4 heteroatoms. The molecule has 1 fully saturated rings. The van der Waals surface area contributed by atoms with E-state index in [0.717, 1.165) is 37.3 Å². The molecule has 1 aliphatic carbocycles. The lowest BCUT2D eigenvalue weighted by Crippen LogP contribution is -2.11. The molecule has 0 aliphatic heterocycles. The zero-order chi connectivity index (χ0) is 15.5. The minimum Gasteiger partial charge on any atom is -0.206 e. The fraction of sp³-hybridized carbons (Fsp3) is 0.412. The summed E-state index contributed by atoms with van der Waals surface area (Å²) in [6.45, 7) is 3.79. The third kappa shape index (κ3) is 4.45. The summed E-state index contributed by atoms with van der Waals surface area (Å²) in [6.07, 6.45) is 2.36. The number of alkyl halides is 3. The van der Waals surface area contributed by atoms with E-state index in [1.54, 1.807) is 6.07 Å². The van der Waals surface area contributed by atoms with Gasteiger partial charge in [0.25, 0.3) is 0 Å². The van der Waals surface area contributed by atoms with E-state index in [-0.39, 0.29) is 17.6 Å². The molecule has 1 aromatic rings. The first-order chi connectivity index (χ1) is 9.89. The van der Waals surface area contributed by atoms with Gasteiger partial charge in [0, 0.05) is 11.6 Å². The average Bonchev–Trinajstić information content (AvgIpc) is 2.45. The number of hydrogen-bond acceptors (Lipinski definition) is 0. The summed E-state index contributed by atoms with van der Waals surface area (Å²) >= 11 is 0. The van der Waals surface area contributed by atoms with E-state index in [1.807, 2.05) is 6.08 Å². The van der Waals surface area contributed by atoms with Crippen LogP contribution in [-0.4, -0.2) is 6.18 Å². The molecule has 1 saturated carbocycles. The van der Waals surface area contributed by atoms with Crippen LogP contribution in [0, 0.1) is 11.7 Å². The van der Waals surface area contributed by atoms with Gasteiger partial charge in [0.2, 0.25) is 0 Å². The van der Waals surface area contributed by atoms with Crippen LogP contribution in [0.3, 0.4) is 0 Å². The van der Waals surface area contributed by atoms with Crippen molar-refractivity contribution in [3.8, 4) is 0 Å². The van der Waals surface area contributed by atoms with Crippen LogP contribution in [0.5, 0.6) is 0 Å². The second-order valence-electron chi connectivity index (χ2n) is 5.50. The van der Waals surface area contributed by atoms with Gasteiger partial charge < -0.3 is 0 Å². The van der Waals surface area contributed by atoms with Crippen molar-refractivity contribution in [1.82, 2.24) is 0 Å². The highest BCUT2D eigenvalue weighted by atomic mass is 19.4. The van der Waals surface area contributed by atoms with Crippen LogP contribution in [0.4, 0.5) is 17.6 Å². The fourth-order valence-electron chi connectivity index (χ4n) is 2.80. The monoisotopic (exact) mass is 298 g/mol. The second kappa shape index (κ2) is 6.46. The molecular weight excluding hydrogens is 280 g/mol. The molecule has 0 heterocycles. The van der Waals surface area contributed by atoms with Gasteiger partial charge in [-0.3, -0.25) is 0 Å². The summed E-state index contributed by atoms with van der Waals surface area (Å²) in [5.74, 6) is 0.218. The lowest BCUT2D eigenvalue weighted by atomic mass is 9.78. The van der Waals surface area contributed by atoms with Gasteiger partial charge in [-0.1, -0.05) is 18.2 Å². The van der Waals surface area contributed by atoms with E-state index in [2.05, 4.69) is 6.58 Å². The third-order valence-electron chi connectivity index (χ3n) is 4.05. The quantitative estimate of drug-likeness (QED) is 0.484. The summed E-state index contributed by atoms with van der Waals surface area (Å²) in [5, 5.41) is 0. The first-order valence-corrected chi connectivity index (χ1v) is 7.07. The summed E-state index contributed by atoms with van der Waals surface area (Å²) < 4.78 is 50.2. The van der Waals surface area contributed by atoms with Crippen LogP contribution in [0.2, 0.25) is 0 Å². The number of hydrogen-bond donors (Lipinski definition) is 0. The Morgan fingerprint density at radius 3 is 2.29 bits per heavy atom.